The Morgan fingerprint density at radius 1 is 1.47 bits per heavy atom. The van der Waals surface area contributed by atoms with Gasteiger partial charge in [-0.3, -0.25) is 4.79 Å². The monoisotopic (exact) mass is 206 g/mol. The molecule has 0 aromatic heterocycles. The van der Waals surface area contributed by atoms with Crippen LogP contribution in [0, 0.1) is 0 Å². The highest BCUT2D eigenvalue weighted by atomic mass is 16.5. The fraction of sp³-hybridized carbons (Fsp3) is 0.364. The number of nitrogens with one attached hydrogen (secondary N) is 1. The second-order valence-corrected chi connectivity index (χ2v) is 3.50. The van der Waals surface area contributed by atoms with Gasteiger partial charge in [-0.1, -0.05) is 6.07 Å². The fourth-order valence-corrected chi connectivity index (χ4v) is 1.62. The molecule has 0 fully saturated rings. The Kier molecular flexibility index (Phi) is 2.87. The van der Waals surface area contributed by atoms with Crippen molar-refractivity contribution in [3.05, 3.63) is 23.8 Å². The molecule has 1 aromatic rings. The number of hydrogen-bond acceptors (Lipinski definition) is 3. The number of anilines is 1. The predicted molar refractivity (Wildman–Crippen MR) is 57.9 cm³/mol. The third kappa shape index (κ3) is 2.10. The van der Waals surface area contributed by atoms with Crippen LogP contribution in [0.4, 0.5) is 5.69 Å². The maximum atomic E-state index is 11.2. The van der Waals surface area contributed by atoms with Gasteiger partial charge in [0.15, 0.2) is 0 Å². The molecule has 2 rings (SSSR count). The molecule has 4 nitrogen and oxygen atoms in total. The van der Waals surface area contributed by atoms with Gasteiger partial charge in [0.25, 0.3) is 0 Å². The summed E-state index contributed by atoms with van der Waals surface area (Å²) in [6, 6.07) is 5.65. The number of hydrogen-bond donors (Lipinski definition) is 2. The number of rotatable bonds is 4. The van der Waals surface area contributed by atoms with Gasteiger partial charge in [-0.05, 0) is 25.1 Å². The molecule has 0 saturated carbocycles. The first-order valence-electron chi connectivity index (χ1n) is 5.06. The lowest BCUT2D eigenvalue weighted by Gasteiger charge is -2.08. The fourth-order valence-electron chi connectivity index (χ4n) is 1.62. The Hall–Kier alpha value is -1.55. The molecule has 3 N–H and O–H groups in total. The topological polar surface area (TPSA) is 64.3 Å². The van der Waals surface area contributed by atoms with Crippen molar-refractivity contribution < 1.29 is 9.53 Å². The summed E-state index contributed by atoms with van der Waals surface area (Å²) in [5.74, 6) is 0.819. The van der Waals surface area contributed by atoms with Crippen LogP contribution in [0.5, 0.6) is 5.75 Å². The van der Waals surface area contributed by atoms with Crippen LogP contribution in [0.1, 0.15) is 12.0 Å². The third-order valence-electron chi connectivity index (χ3n) is 2.35. The van der Waals surface area contributed by atoms with Crippen molar-refractivity contribution in [3.63, 3.8) is 0 Å². The summed E-state index contributed by atoms with van der Waals surface area (Å²) in [4.78, 5) is 11.2. The average molecular weight is 206 g/mol. The summed E-state index contributed by atoms with van der Waals surface area (Å²) in [5, 5.41) is 2.78. The van der Waals surface area contributed by atoms with Crippen molar-refractivity contribution in [2.24, 2.45) is 5.73 Å². The first kappa shape index (κ1) is 9.98. The van der Waals surface area contributed by atoms with E-state index in [0.29, 0.717) is 19.6 Å². The van der Waals surface area contributed by atoms with Crippen molar-refractivity contribution in [1.29, 1.82) is 0 Å². The molecule has 0 bridgehead atoms. The molecule has 0 aliphatic carbocycles. The van der Waals surface area contributed by atoms with Crippen LogP contribution < -0.4 is 15.8 Å². The molecule has 1 amide bonds. The Morgan fingerprint density at radius 2 is 2.33 bits per heavy atom. The smallest absolute Gasteiger partial charge is 0.229 e. The molecule has 0 unspecified atom stereocenters. The zero-order valence-electron chi connectivity index (χ0n) is 8.45. The minimum Gasteiger partial charge on any atom is -0.493 e. The summed E-state index contributed by atoms with van der Waals surface area (Å²) in [6.45, 7) is 1.22. The van der Waals surface area contributed by atoms with E-state index in [2.05, 4.69) is 5.32 Å². The van der Waals surface area contributed by atoms with E-state index in [1.807, 2.05) is 18.2 Å². The molecule has 0 saturated heterocycles. The Labute approximate surface area is 88.4 Å². The van der Waals surface area contributed by atoms with Gasteiger partial charge in [-0.2, -0.15) is 0 Å². The second-order valence-electron chi connectivity index (χ2n) is 3.50. The van der Waals surface area contributed by atoms with Gasteiger partial charge in [0, 0.05) is 11.3 Å². The third-order valence-corrected chi connectivity index (χ3v) is 2.35. The molecule has 4 heteroatoms. The van der Waals surface area contributed by atoms with Crippen molar-refractivity contribution in [3.8, 4) is 5.75 Å². The minimum atomic E-state index is 0.0277. The largest absolute Gasteiger partial charge is 0.493 e. The van der Waals surface area contributed by atoms with E-state index in [1.165, 1.54) is 0 Å². The lowest BCUT2D eigenvalue weighted by atomic mass is 10.1. The van der Waals surface area contributed by atoms with Crippen molar-refractivity contribution in [1.82, 2.24) is 0 Å². The average Bonchev–Trinajstić information content (AvgIpc) is 2.59. The van der Waals surface area contributed by atoms with Crippen LogP contribution in [0.2, 0.25) is 0 Å². The predicted octanol–water partition coefficient (Wildman–Crippen LogP) is 0.909. The first-order chi connectivity index (χ1) is 7.31. The van der Waals surface area contributed by atoms with E-state index in [1.54, 1.807) is 0 Å². The van der Waals surface area contributed by atoms with Crippen LogP contribution in [0.3, 0.4) is 0 Å². The van der Waals surface area contributed by atoms with E-state index >= 15 is 0 Å². The van der Waals surface area contributed by atoms with Crippen LogP contribution in [-0.2, 0) is 11.2 Å². The normalized spacial score (nSPS) is 13.5. The zero-order chi connectivity index (χ0) is 10.7. The van der Waals surface area contributed by atoms with Crippen molar-refractivity contribution >= 4 is 11.6 Å². The molecule has 0 radical (unpaired) electrons. The highest BCUT2D eigenvalue weighted by molar-refractivity contribution is 6.00. The number of nitrogens with two attached hydrogens (primary N) is 1. The number of carbonyl (C=O) groups is 1. The lowest BCUT2D eigenvalue weighted by molar-refractivity contribution is -0.115. The molecular formula is C11H14N2O2. The standard InChI is InChI=1S/C11H14N2O2/c12-5-2-6-15-10-4-1-3-9-8(10)7-11(14)13-9/h1,3-4H,2,5-7,12H2,(H,13,14). The van der Waals surface area contributed by atoms with Crippen LogP contribution in [0.15, 0.2) is 18.2 Å². The summed E-state index contributed by atoms with van der Waals surface area (Å²) < 4.78 is 5.57. The number of ether oxygens (including phenoxy) is 1. The van der Waals surface area contributed by atoms with Crippen LogP contribution in [-0.4, -0.2) is 19.1 Å². The van der Waals surface area contributed by atoms with E-state index in [4.69, 9.17) is 10.5 Å². The van der Waals surface area contributed by atoms with Gasteiger partial charge >= 0.3 is 0 Å². The van der Waals surface area contributed by atoms with E-state index in [-0.39, 0.29) is 5.91 Å². The van der Waals surface area contributed by atoms with Gasteiger partial charge in [0.05, 0.1) is 13.0 Å². The zero-order valence-corrected chi connectivity index (χ0v) is 8.45. The first-order valence-corrected chi connectivity index (χ1v) is 5.06. The highest BCUT2D eigenvalue weighted by Gasteiger charge is 2.20. The number of amides is 1. The summed E-state index contributed by atoms with van der Waals surface area (Å²) >= 11 is 0. The summed E-state index contributed by atoms with van der Waals surface area (Å²) in [6.07, 6.45) is 1.24. The second kappa shape index (κ2) is 4.31. The molecular weight excluding hydrogens is 192 g/mol. The van der Waals surface area contributed by atoms with Crippen molar-refractivity contribution in [2.45, 2.75) is 12.8 Å². The van der Waals surface area contributed by atoms with E-state index in [9.17, 15) is 4.79 Å². The summed E-state index contributed by atoms with van der Waals surface area (Å²) in [7, 11) is 0. The maximum absolute atomic E-state index is 11.2. The Balaban J connectivity index is 2.12. The van der Waals surface area contributed by atoms with Crippen LogP contribution >= 0.6 is 0 Å². The number of fused-ring (bicyclic) bond motifs is 1. The Morgan fingerprint density at radius 3 is 3.13 bits per heavy atom. The van der Waals surface area contributed by atoms with E-state index < -0.39 is 0 Å². The highest BCUT2D eigenvalue weighted by Crippen LogP contribution is 2.31. The minimum absolute atomic E-state index is 0.0277. The maximum Gasteiger partial charge on any atom is 0.229 e. The quantitative estimate of drug-likeness (QED) is 0.720. The molecule has 0 atom stereocenters. The molecule has 1 aliphatic rings. The molecule has 1 heterocycles. The molecule has 15 heavy (non-hydrogen) atoms. The van der Waals surface area contributed by atoms with E-state index in [0.717, 1.165) is 23.4 Å². The van der Waals surface area contributed by atoms with Gasteiger partial charge in [0.1, 0.15) is 5.75 Å². The van der Waals surface area contributed by atoms with Gasteiger partial charge in [0.2, 0.25) is 5.91 Å². The van der Waals surface area contributed by atoms with Crippen molar-refractivity contribution in [2.75, 3.05) is 18.5 Å². The molecule has 0 spiro atoms. The van der Waals surface area contributed by atoms with Crippen LogP contribution in [0.25, 0.3) is 0 Å². The Bertz CT molecular complexity index is 377. The molecule has 80 valence electrons. The number of benzene rings is 1. The summed E-state index contributed by atoms with van der Waals surface area (Å²) in [5.41, 5.74) is 7.20. The molecule has 1 aliphatic heterocycles. The van der Waals surface area contributed by atoms with Gasteiger partial charge in [-0.15, -0.1) is 0 Å². The molecule has 1 aromatic carbocycles. The number of carbonyl (C=O) groups excluding carboxylic acids is 1. The van der Waals surface area contributed by atoms with Gasteiger partial charge in [-0.25, -0.2) is 0 Å². The SMILES string of the molecule is NCCCOc1cccc2c1CC(=O)N2. The lowest BCUT2D eigenvalue weighted by Crippen LogP contribution is -2.07. The van der Waals surface area contributed by atoms with Gasteiger partial charge < -0.3 is 15.8 Å².